The second-order valence-corrected chi connectivity index (χ2v) is 4.91. The standard InChI is InChI=1S/C15H13NO3S/c1-20-13-6-7-14(17)10(8-13)2-4-12-5-3-11(9-16-12)15(18)19/h2-9,17H,1H3,(H,18,19)/b4-2+. The topological polar surface area (TPSA) is 70.4 Å². The number of rotatable bonds is 4. The summed E-state index contributed by atoms with van der Waals surface area (Å²) < 4.78 is 0. The van der Waals surface area contributed by atoms with Gasteiger partial charge in [0, 0.05) is 16.7 Å². The summed E-state index contributed by atoms with van der Waals surface area (Å²) in [4.78, 5) is 15.8. The maximum atomic E-state index is 10.7. The van der Waals surface area contributed by atoms with Crippen LogP contribution in [0.25, 0.3) is 12.2 Å². The van der Waals surface area contributed by atoms with E-state index >= 15 is 0 Å². The van der Waals surface area contributed by atoms with E-state index in [-0.39, 0.29) is 11.3 Å². The highest BCUT2D eigenvalue weighted by Gasteiger charge is 2.02. The van der Waals surface area contributed by atoms with Gasteiger partial charge in [0.1, 0.15) is 5.75 Å². The van der Waals surface area contributed by atoms with Gasteiger partial charge in [0.15, 0.2) is 0 Å². The number of thioether (sulfide) groups is 1. The molecule has 0 spiro atoms. The Bertz CT molecular complexity index is 651. The highest BCUT2D eigenvalue weighted by molar-refractivity contribution is 7.98. The van der Waals surface area contributed by atoms with Crippen LogP contribution in [0.4, 0.5) is 0 Å². The summed E-state index contributed by atoms with van der Waals surface area (Å²) in [5.74, 6) is -0.806. The van der Waals surface area contributed by atoms with Gasteiger partial charge >= 0.3 is 5.97 Å². The van der Waals surface area contributed by atoms with E-state index in [0.717, 1.165) is 4.90 Å². The molecule has 4 nitrogen and oxygen atoms in total. The predicted molar refractivity (Wildman–Crippen MR) is 80.0 cm³/mol. The Hall–Kier alpha value is -2.27. The molecule has 0 radical (unpaired) electrons. The normalized spacial score (nSPS) is 10.8. The van der Waals surface area contributed by atoms with Gasteiger partial charge in [-0.1, -0.05) is 0 Å². The zero-order chi connectivity index (χ0) is 14.5. The van der Waals surface area contributed by atoms with Crippen molar-refractivity contribution in [2.45, 2.75) is 4.90 Å². The van der Waals surface area contributed by atoms with E-state index in [1.54, 1.807) is 36.0 Å². The Labute approximate surface area is 120 Å². The van der Waals surface area contributed by atoms with Crippen molar-refractivity contribution in [3.63, 3.8) is 0 Å². The lowest BCUT2D eigenvalue weighted by Gasteiger charge is -2.02. The Kier molecular flexibility index (Phi) is 4.42. The molecule has 0 aliphatic heterocycles. The smallest absolute Gasteiger partial charge is 0.337 e. The monoisotopic (exact) mass is 287 g/mol. The molecule has 0 atom stereocenters. The molecule has 0 aliphatic carbocycles. The summed E-state index contributed by atoms with van der Waals surface area (Å²) >= 11 is 1.59. The molecule has 0 unspecified atom stereocenters. The molecule has 1 heterocycles. The Morgan fingerprint density at radius 3 is 2.65 bits per heavy atom. The van der Waals surface area contributed by atoms with Gasteiger partial charge in [-0.15, -0.1) is 11.8 Å². The third-order valence-corrected chi connectivity index (χ3v) is 3.43. The van der Waals surface area contributed by atoms with Crippen LogP contribution < -0.4 is 0 Å². The van der Waals surface area contributed by atoms with E-state index in [2.05, 4.69) is 4.98 Å². The van der Waals surface area contributed by atoms with Crippen LogP contribution in [0, 0.1) is 0 Å². The molecule has 1 aromatic carbocycles. The zero-order valence-electron chi connectivity index (χ0n) is 10.8. The van der Waals surface area contributed by atoms with Crippen molar-refractivity contribution < 1.29 is 15.0 Å². The van der Waals surface area contributed by atoms with Crippen LogP contribution in [0.2, 0.25) is 0 Å². The van der Waals surface area contributed by atoms with E-state index in [0.29, 0.717) is 11.3 Å². The molecule has 20 heavy (non-hydrogen) atoms. The number of phenolic OH excluding ortho intramolecular Hbond substituents is 1. The molecular weight excluding hydrogens is 274 g/mol. The molecule has 102 valence electrons. The van der Waals surface area contributed by atoms with Crippen LogP contribution in [-0.4, -0.2) is 27.4 Å². The van der Waals surface area contributed by atoms with Crippen molar-refractivity contribution >= 4 is 29.9 Å². The van der Waals surface area contributed by atoms with Gasteiger partial charge in [0.2, 0.25) is 0 Å². The lowest BCUT2D eigenvalue weighted by molar-refractivity contribution is 0.0696. The quantitative estimate of drug-likeness (QED) is 0.844. The number of hydrogen-bond donors (Lipinski definition) is 2. The van der Waals surface area contributed by atoms with Crippen molar-refractivity contribution in [1.29, 1.82) is 0 Å². The molecular formula is C15H13NO3S. The largest absolute Gasteiger partial charge is 0.507 e. The van der Waals surface area contributed by atoms with E-state index < -0.39 is 5.97 Å². The summed E-state index contributed by atoms with van der Waals surface area (Å²) in [7, 11) is 0. The number of benzene rings is 1. The third-order valence-electron chi connectivity index (χ3n) is 2.70. The molecule has 0 fully saturated rings. The number of hydrogen-bond acceptors (Lipinski definition) is 4. The number of aromatic hydroxyl groups is 1. The average Bonchev–Trinajstić information content (AvgIpc) is 2.47. The Balaban J connectivity index is 2.22. The molecule has 0 saturated heterocycles. The number of carboxylic acid groups (broad SMARTS) is 1. The first-order chi connectivity index (χ1) is 9.60. The maximum absolute atomic E-state index is 10.7. The van der Waals surface area contributed by atoms with Crippen molar-refractivity contribution in [3.8, 4) is 5.75 Å². The van der Waals surface area contributed by atoms with Crippen LogP contribution in [0.1, 0.15) is 21.6 Å². The first kappa shape index (κ1) is 14.1. The van der Waals surface area contributed by atoms with Crippen LogP contribution in [0.5, 0.6) is 5.75 Å². The Morgan fingerprint density at radius 1 is 1.25 bits per heavy atom. The molecule has 0 saturated carbocycles. The summed E-state index contributed by atoms with van der Waals surface area (Å²) in [6, 6.07) is 8.48. The molecule has 2 aromatic rings. The van der Waals surface area contributed by atoms with Gasteiger partial charge in [-0.25, -0.2) is 4.79 Å². The minimum Gasteiger partial charge on any atom is -0.507 e. The summed E-state index contributed by atoms with van der Waals surface area (Å²) in [6.45, 7) is 0. The minimum atomic E-state index is -1.00. The van der Waals surface area contributed by atoms with Crippen molar-refractivity contribution in [2.75, 3.05) is 6.26 Å². The van der Waals surface area contributed by atoms with Gasteiger partial charge in [0.25, 0.3) is 0 Å². The van der Waals surface area contributed by atoms with Gasteiger partial charge in [-0.3, -0.25) is 4.98 Å². The molecule has 1 aromatic heterocycles. The molecule has 0 bridgehead atoms. The molecule has 2 N–H and O–H groups in total. The first-order valence-electron chi connectivity index (χ1n) is 5.84. The number of carbonyl (C=O) groups is 1. The fourth-order valence-electron chi connectivity index (χ4n) is 1.60. The fraction of sp³-hybridized carbons (Fsp3) is 0.0667. The minimum absolute atomic E-state index is 0.148. The SMILES string of the molecule is CSc1ccc(O)c(/C=C/c2ccc(C(=O)O)cn2)c1. The average molecular weight is 287 g/mol. The number of phenols is 1. The molecule has 2 rings (SSSR count). The molecule has 0 amide bonds. The first-order valence-corrected chi connectivity index (χ1v) is 7.07. The highest BCUT2D eigenvalue weighted by Crippen LogP contribution is 2.25. The van der Waals surface area contributed by atoms with Crippen molar-refractivity contribution in [1.82, 2.24) is 4.98 Å². The predicted octanol–water partition coefficient (Wildman–Crippen LogP) is 3.38. The van der Waals surface area contributed by atoms with E-state index in [1.165, 1.54) is 12.3 Å². The number of aromatic carboxylic acids is 1. The number of pyridine rings is 1. The van der Waals surface area contributed by atoms with Crippen LogP contribution in [0.3, 0.4) is 0 Å². The molecule has 5 heteroatoms. The van der Waals surface area contributed by atoms with Gasteiger partial charge in [0.05, 0.1) is 11.3 Å². The van der Waals surface area contributed by atoms with Crippen LogP contribution in [-0.2, 0) is 0 Å². The number of carboxylic acids is 1. The van der Waals surface area contributed by atoms with Gasteiger partial charge in [-0.2, -0.15) is 0 Å². The van der Waals surface area contributed by atoms with Crippen molar-refractivity contribution in [3.05, 3.63) is 53.3 Å². The van der Waals surface area contributed by atoms with E-state index in [1.807, 2.05) is 18.4 Å². The van der Waals surface area contributed by atoms with E-state index in [4.69, 9.17) is 5.11 Å². The second kappa shape index (κ2) is 6.25. The second-order valence-electron chi connectivity index (χ2n) is 4.03. The number of aromatic nitrogens is 1. The highest BCUT2D eigenvalue weighted by atomic mass is 32.2. The molecule has 0 aliphatic rings. The van der Waals surface area contributed by atoms with E-state index in [9.17, 15) is 9.90 Å². The fourth-order valence-corrected chi connectivity index (χ4v) is 2.05. The summed E-state index contributed by atoms with van der Waals surface area (Å²) in [6.07, 6.45) is 6.74. The summed E-state index contributed by atoms with van der Waals surface area (Å²) in [5, 5.41) is 18.6. The Morgan fingerprint density at radius 2 is 2.05 bits per heavy atom. The lowest BCUT2D eigenvalue weighted by Crippen LogP contribution is -1.96. The van der Waals surface area contributed by atoms with Crippen molar-refractivity contribution in [2.24, 2.45) is 0 Å². The summed E-state index contributed by atoms with van der Waals surface area (Å²) in [5.41, 5.74) is 1.47. The lowest BCUT2D eigenvalue weighted by atomic mass is 10.1. The number of nitrogens with zero attached hydrogens (tertiary/aromatic N) is 1. The maximum Gasteiger partial charge on any atom is 0.337 e. The van der Waals surface area contributed by atoms with Gasteiger partial charge < -0.3 is 10.2 Å². The van der Waals surface area contributed by atoms with Gasteiger partial charge in [-0.05, 0) is 48.7 Å². The zero-order valence-corrected chi connectivity index (χ0v) is 11.6. The van der Waals surface area contributed by atoms with Crippen LogP contribution >= 0.6 is 11.8 Å². The third kappa shape index (κ3) is 3.39. The van der Waals surface area contributed by atoms with Crippen LogP contribution in [0.15, 0.2) is 41.4 Å².